The Labute approximate surface area is 91.5 Å². The number of nitrogens with one attached hydrogen (secondary N) is 1. The van der Waals surface area contributed by atoms with E-state index < -0.39 is 0 Å². The van der Waals surface area contributed by atoms with E-state index in [2.05, 4.69) is 10.4 Å². The number of aryl methyl sites for hydroxylation is 2. The number of anilines is 1. The Balaban J connectivity index is 2.16. The third-order valence-electron chi connectivity index (χ3n) is 2.05. The molecule has 0 saturated heterocycles. The van der Waals surface area contributed by atoms with Gasteiger partial charge in [-0.25, -0.2) is 0 Å². The molecule has 0 bridgehead atoms. The average molecular weight is 221 g/mol. The fraction of sp³-hybridized carbons (Fsp3) is 0.200. The molecule has 0 spiro atoms. The molecule has 5 heteroatoms. The lowest BCUT2D eigenvalue weighted by Crippen LogP contribution is -2.10. The van der Waals surface area contributed by atoms with Gasteiger partial charge in [0.2, 0.25) is 0 Å². The van der Waals surface area contributed by atoms with Crippen molar-refractivity contribution in [1.29, 1.82) is 0 Å². The van der Waals surface area contributed by atoms with Gasteiger partial charge in [-0.2, -0.15) is 16.4 Å². The van der Waals surface area contributed by atoms with Gasteiger partial charge < -0.3 is 5.32 Å². The van der Waals surface area contributed by atoms with Crippen LogP contribution in [0.15, 0.2) is 23.0 Å². The summed E-state index contributed by atoms with van der Waals surface area (Å²) in [6.07, 6.45) is 1.79. The molecule has 2 rings (SSSR count). The second-order valence-corrected chi connectivity index (χ2v) is 4.05. The van der Waals surface area contributed by atoms with Crippen LogP contribution in [0.2, 0.25) is 0 Å². The Bertz CT molecular complexity index is 473. The van der Waals surface area contributed by atoms with E-state index in [0.717, 1.165) is 11.4 Å². The highest BCUT2D eigenvalue weighted by molar-refractivity contribution is 7.08. The second-order valence-electron chi connectivity index (χ2n) is 3.27. The lowest BCUT2D eigenvalue weighted by molar-refractivity contribution is 0.102. The summed E-state index contributed by atoms with van der Waals surface area (Å²) in [5, 5.41) is 10.7. The smallest absolute Gasteiger partial charge is 0.256 e. The number of aromatic nitrogens is 2. The maximum atomic E-state index is 11.7. The summed E-state index contributed by atoms with van der Waals surface area (Å²) in [6, 6.07) is 1.80. The van der Waals surface area contributed by atoms with Gasteiger partial charge in [0.15, 0.2) is 0 Å². The van der Waals surface area contributed by atoms with Gasteiger partial charge >= 0.3 is 0 Å². The van der Waals surface area contributed by atoms with Gasteiger partial charge in [0.25, 0.3) is 5.91 Å². The maximum Gasteiger partial charge on any atom is 0.256 e. The summed E-state index contributed by atoms with van der Waals surface area (Å²) in [7, 11) is 1.83. The standard InChI is InChI=1S/C10H11N3OS/c1-7-9(5-13(2)12-7)11-10(14)8-3-4-15-6-8/h3-6H,1-2H3,(H,11,14). The summed E-state index contributed by atoms with van der Waals surface area (Å²) in [6.45, 7) is 1.86. The van der Waals surface area contributed by atoms with Crippen molar-refractivity contribution in [1.82, 2.24) is 9.78 Å². The highest BCUT2D eigenvalue weighted by Gasteiger charge is 2.09. The van der Waals surface area contributed by atoms with Gasteiger partial charge in [-0.15, -0.1) is 0 Å². The summed E-state index contributed by atoms with van der Waals surface area (Å²) in [5.41, 5.74) is 2.26. The number of nitrogens with zero attached hydrogens (tertiary/aromatic N) is 2. The van der Waals surface area contributed by atoms with E-state index in [-0.39, 0.29) is 5.91 Å². The van der Waals surface area contributed by atoms with Crippen molar-refractivity contribution in [3.8, 4) is 0 Å². The minimum Gasteiger partial charge on any atom is -0.319 e. The maximum absolute atomic E-state index is 11.7. The van der Waals surface area contributed by atoms with Crippen molar-refractivity contribution < 1.29 is 4.79 Å². The van der Waals surface area contributed by atoms with E-state index in [1.807, 2.05) is 24.7 Å². The minimum absolute atomic E-state index is 0.0904. The van der Waals surface area contributed by atoms with E-state index in [1.54, 1.807) is 16.9 Å². The highest BCUT2D eigenvalue weighted by Crippen LogP contribution is 2.14. The van der Waals surface area contributed by atoms with Crippen LogP contribution in [0.4, 0.5) is 5.69 Å². The van der Waals surface area contributed by atoms with Crippen LogP contribution >= 0.6 is 11.3 Å². The largest absolute Gasteiger partial charge is 0.319 e. The summed E-state index contributed by atoms with van der Waals surface area (Å²) in [5.74, 6) is -0.0904. The van der Waals surface area contributed by atoms with Gasteiger partial charge in [-0.1, -0.05) is 0 Å². The first-order valence-corrected chi connectivity index (χ1v) is 5.45. The quantitative estimate of drug-likeness (QED) is 0.843. The van der Waals surface area contributed by atoms with Crippen LogP contribution in [-0.2, 0) is 7.05 Å². The molecule has 0 fully saturated rings. The highest BCUT2D eigenvalue weighted by atomic mass is 32.1. The fourth-order valence-corrected chi connectivity index (χ4v) is 1.95. The second kappa shape index (κ2) is 3.86. The van der Waals surface area contributed by atoms with Gasteiger partial charge in [0, 0.05) is 18.6 Å². The monoisotopic (exact) mass is 221 g/mol. The van der Waals surface area contributed by atoms with Crippen molar-refractivity contribution in [2.45, 2.75) is 6.92 Å². The van der Waals surface area contributed by atoms with Crippen LogP contribution in [-0.4, -0.2) is 15.7 Å². The molecule has 0 aliphatic rings. The van der Waals surface area contributed by atoms with Crippen molar-refractivity contribution in [2.24, 2.45) is 7.05 Å². The normalized spacial score (nSPS) is 10.3. The Morgan fingerprint density at radius 2 is 2.40 bits per heavy atom. The number of carbonyl (C=O) groups excluding carboxylic acids is 1. The molecule has 0 radical (unpaired) electrons. The zero-order valence-corrected chi connectivity index (χ0v) is 9.34. The predicted molar refractivity (Wildman–Crippen MR) is 60.2 cm³/mol. The van der Waals surface area contributed by atoms with E-state index in [4.69, 9.17) is 0 Å². The molecule has 15 heavy (non-hydrogen) atoms. The van der Waals surface area contributed by atoms with Crippen molar-refractivity contribution in [2.75, 3.05) is 5.32 Å². The number of thiophene rings is 1. The van der Waals surface area contributed by atoms with Crippen molar-refractivity contribution >= 4 is 22.9 Å². The van der Waals surface area contributed by atoms with Crippen molar-refractivity contribution in [3.63, 3.8) is 0 Å². The molecule has 0 atom stereocenters. The Kier molecular flexibility index (Phi) is 2.55. The average Bonchev–Trinajstić information content (AvgIpc) is 2.76. The zero-order chi connectivity index (χ0) is 10.8. The van der Waals surface area contributed by atoms with Gasteiger partial charge in [0.1, 0.15) is 0 Å². The first kappa shape index (κ1) is 9.92. The number of amides is 1. The molecule has 0 unspecified atom stereocenters. The lowest BCUT2D eigenvalue weighted by atomic mass is 10.3. The summed E-state index contributed by atoms with van der Waals surface area (Å²) in [4.78, 5) is 11.7. The predicted octanol–water partition coefficient (Wildman–Crippen LogP) is 2.04. The van der Waals surface area contributed by atoms with E-state index in [0.29, 0.717) is 5.56 Å². The number of rotatable bonds is 2. The first-order valence-electron chi connectivity index (χ1n) is 4.50. The summed E-state index contributed by atoms with van der Waals surface area (Å²) < 4.78 is 1.68. The molecule has 78 valence electrons. The third kappa shape index (κ3) is 2.07. The van der Waals surface area contributed by atoms with Gasteiger partial charge in [-0.05, 0) is 18.4 Å². The number of carbonyl (C=O) groups is 1. The minimum atomic E-state index is -0.0904. The zero-order valence-electron chi connectivity index (χ0n) is 8.52. The SMILES string of the molecule is Cc1nn(C)cc1NC(=O)c1ccsc1. The molecule has 1 N–H and O–H groups in total. The topological polar surface area (TPSA) is 46.9 Å². The molecular formula is C10H11N3OS. The molecule has 2 aromatic heterocycles. The van der Waals surface area contributed by atoms with Crippen LogP contribution < -0.4 is 5.32 Å². The number of hydrogen-bond acceptors (Lipinski definition) is 3. The molecule has 2 heterocycles. The Morgan fingerprint density at radius 3 is 2.93 bits per heavy atom. The molecule has 4 nitrogen and oxygen atoms in total. The van der Waals surface area contributed by atoms with Crippen LogP contribution in [0.1, 0.15) is 16.1 Å². The fourth-order valence-electron chi connectivity index (χ4n) is 1.31. The molecule has 0 aromatic carbocycles. The Morgan fingerprint density at radius 1 is 1.60 bits per heavy atom. The van der Waals surface area contributed by atoms with E-state index in [9.17, 15) is 4.79 Å². The van der Waals surface area contributed by atoms with E-state index >= 15 is 0 Å². The van der Waals surface area contributed by atoms with Crippen LogP contribution in [0.5, 0.6) is 0 Å². The van der Waals surface area contributed by atoms with Crippen LogP contribution in [0.25, 0.3) is 0 Å². The first-order chi connectivity index (χ1) is 7.16. The lowest BCUT2D eigenvalue weighted by Gasteiger charge is -2.00. The molecule has 0 aliphatic carbocycles. The van der Waals surface area contributed by atoms with Crippen molar-refractivity contribution in [3.05, 3.63) is 34.3 Å². The molecule has 0 aliphatic heterocycles. The summed E-state index contributed by atoms with van der Waals surface area (Å²) >= 11 is 1.51. The molecule has 0 saturated carbocycles. The van der Waals surface area contributed by atoms with Crippen LogP contribution in [0.3, 0.4) is 0 Å². The van der Waals surface area contributed by atoms with E-state index in [1.165, 1.54) is 11.3 Å². The molecule has 1 amide bonds. The van der Waals surface area contributed by atoms with Crippen LogP contribution in [0, 0.1) is 6.92 Å². The van der Waals surface area contributed by atoms with Gasteiger partial charge in [-0.3, -0.25) is 9.48 Å². The third-order valence-corrected chi connectivity index (χ3v) is 2.73. The molecular weight excluding hydrogens is 210 g/mol. The Hall–Kier alpha value is -1.62. The number of hydrogen-bond donors (Lipinski definition) is 1. The van der Waals surface area contributed by atoms with Gasteiger partial charge in [0.05, 0.1) is 16.9 Å². The molecule has 2 aromatic rings.